The van der Waals surface area contributed by atoms with Gasteiger partial charge in [0.05, 0.1) is 12.0 Å². The highest BCUT2D eigenvalue weighted by Gasteiger charge is 2.41. The van der Waals surface area contributed by atoms with E-state index >= 15 is 0 Å². The summed E-state index contributed by atoms with van der Waals surface area (Å²) in [4.78, 5) is 11.5. The number of hydrogen-bond donors (Lipinski definition) is 0. The minimum absolute atomic E-state index is 0.133. The molecule has 0 aliphatic carbocycles. The highest BCUT2D eigenvalue weighted by Crippen LogP contribution is 2.28. The summed E-state index contributed by atoms with van der Waals surface area (Å²) >= 11 is 0. The molecule has 1 unspecified atom stereocenters. The van der Waals surface area contributed by atoms with Gasteiger partial charge in [-0.2, -0.15) is 0 Å². The molecular formula is C10H18O3. The SMILES string of the molecule is CCC(C)(C)C(=O)OCC1(C)CO1. The van der Waals surface area contributed by atoms with Gasteiger partial charge in [-0.15, -0.1) is 0 Å². The van der Waals surface area contributed by atoms with Crippen LogP contribution in [0, 0.1) is 5.41 Å². The van der Waals surface area contributed by atoms with Crippen LogP contribution in [-0.4, -0.2) is 24.8 Å². The second-order valence-electron chi connectivity index (χ2n) is 4.55. The van der Waals surface area contributed by atoms with Crippen LogP contribution in [0.5, 0.6) is 0 Å². The molecule has 1 aliphatic rings. The first-order valence-electron chi connectivity index (χ1n) is 4.71. The van der Waals surface area contributed by atoms with Crippen LogP contribution in [0.3, 0.4) is 0 Å². The molecule has 3 nitrogen and oxygen atoms in total. The van der Waals surface area contributed by atoms with Crippen molar-refractivity contribution in [3.05, 3.63) is 0 Å². The molecule has 76 valence electrons. The molecule has 1 aliphatic heterocycles. The van der Waals surface area contributed by atoms with Gasteiger partial charge in [0, 0.05) is 0 Å². The van der Waals surface area contributed by atoms with Gasteiger partial charge in [-0.25, -0.2) is 0 Å². The van der Waals surface area contributed by atoms with Crippen LogP contribution in [-0.2, 0) is 14.3 Å². The van der Waals surface area contributed by atoms with Crippen molar-refractivity contribution in [2.45, 2.75) is 39.7 Å². The lowest BCUT2D eigenvalue weighted by Crippen LogP contribution is -2.29. The first-order valence-corrected chi connectivity index (χ1v) is 4.71. The lowest BCUT2D eigenvalue weighted by atomic mass is 9.91. The molecule has 0 aromatic rings. The number of rotatable bonds is 4. The van der Waals surface area contributed by atoms with Gasteiger partial charge in [-0.1, -0.05) is 6.92 Å². The molecule has 0 amide bonds. The Labute approximate surface area is 79.4 Å². The summed E-state index contributed by atoms with van der Waals surface area (Å²) in [6.07, 6.45) is 0.795. The zero-order valence-electron chi connectivity index (χ0n) is 8.85. The molecule has 0 N–H and O–H groups in total. The van der Waals surface area contributed by atoms with Crippen molar-refractivity contribution in [2.24, 2.45) is 5.41 Å². The number of carbonyl (C=O) groups is 1. The topological polar surface area (TPSA) is 38.8 Å². The van der Waals surface area contributed by atoms with Crippen molar-refractivity contribution >= 4 is 5.97 Å². The third-order valence-electron chi connectivity index (χ3n) is 2.58. The van der Waals surface area contributed by atoms with Crippen molar-refractivity contribution in [1.29, 1.82) is 0 Å². The second kappa shape index (κ2) is 3.29. The average molecular weight is 186 g/mol. The van der Waals surface area contributed by atoms with Crippen LogP contribution in [0.4, 0.5) is 0 Å². The van der Waals surface area contributed by atoms with E-state index in [0.29, 0.717) is 13.2 Å². The average Bonchev–Trinajstić information content (AvgIpc) is 2.80. The molecule has 1 fully saturated rings. The van der Waals surface area contributed by atoms with Crippen LogP contribution < -0.4 is 0 Å². The first kappa shape index (κ1) is 10.5. The molecule has 0 aromatic heterocycles. The molecule has 0 spiro atoms. The Morgan fingerprint density at radius 3 is 2.54 bits per heavy atom. The van der Waals surface area contributed by atoms with E-state index in [1.54, 1.807) is 0 Å². The maximum absolute atomic E-state index is 11.5. The summed E-state index contributed by atoms with van der Waals surface area (Å²) in [7, 11) is 0. The van der Waals surface area contributed by atoms with Crippen LogP contribution in [0.15, 0.2) is 0 Å². The van der Waals surface area contributed by atoms with Crippen molar-refractivity contribution in [3.63, 3.8) is 0 Å². The summed E-state index contributed by atoms with van der Waals surface area (Å²) in [6, 6.07) is 0. The fraction of sp³-hybridized carbons (Fsp3) is 0.900. The molecule has 1 atom stereocenters. The predicted molar refractivity (Wildman–Crippen MR) is 49.4 cm³/mol. The zero-order valence-corrected chi connectivity index (χ0v) is 8.85. The monoisotopic (exact) mass is 186 g/mol. The lowest BCUT2D eigenvalue weighted by Gasteiger charge is -2.20. The van der Waals surface area contributed by atoms with Gasteiger partial charge < -0.3 is 9.47 Å². The van der Waals surface area contributed by atoms with Crippen molar-refractivity contribution in [2.75, 3.05) is 13.2 Å². The van der Waals surface area contributed by atoms with Crippen LogP contribution in [0.25, 0.3) is 0 Å². The van der Waals surface area contributed by atoms with Crippen molar-refractivity contribution in [3.8, 4) is 0 Å². The van der Waals surface area contributed by atoms with Crippen LogP contribution in [0.1, 0.15) is 34.1 Å². The Balaban J connectivity index is 2.32. The second-order valence-corrected chi connectivity index (χ2v) is 4.55. The highest BCUT2D eigenvalue weighted by molar-refractivity contribution is 5.75. The van der Waals surface area contributed by atoms with Crippen LogP contribution in [0.2, 0.25) is 0 Å². The molecule has 0 bridgehead atoms. The Kier molecular flexibility index (Phi) is 2.66. The summed E-state index contributed by atoms with van der Waals surface area (Å²) < 4.78 is 10.3. The van der Waals surface area contributed by atoms with Crippen molar-refractivity contribution in [1.82, 2.24) is 0 Å². The fourth-order valence-corrected chi connectivity index (χ4v) is 0.764. The third kappa shape index (κ3) is 2.69. The van der Waals surface area contributed by atoms with Crippen molar-refractivity contribution < 1.29 is 14.3 Å². The quantitative estimate of drug-likeness (QED) is 0.496. The van der Waals surface area contributed by atoms with Gasteiger partial charge in [0.2, 0.25) is 0 Å². The van der Waals surface area contributed by atoms with Gasteiger partial charge in [-0.05, 0) is 27.2 Å². The maximum Gasteiger partial charge on any atom is 0.311 e. The number of esters is 1. The van der Waals surface area contributed by atoms with E-state index in [-0.39, 0.29) is 17.0 Å². The summed E-state index contributed by atoms with van der Waals surface area (Å²) in [5.74, 6) is -0.133. The minimum Gasteiger partial charge on any atom is -0.462 e. The van der Waals surface area contributed by atoms with E-state index < -0.39 is 0 Å². The van der Waals surface area contributed by atoms with E-state index in [4.69, 9.17) is 9.47 Å². The van der Waals surface area contributed by atoms with E-state index in [2.05, 4.69) is 0 Å². The Morgan fingerprint density at radius 2 is 2.15 bits per heavy atom. The number of ether oxygens (including phenoxy) is 2. The Hall–Kier alpha value is -0.570. The number of epoxide rings is 1. The summed E-state index contributed by atoms with van der Waals surface area (Å²) in [5.41, 5.74) is -0.565. The van der Waals surface area contributed by atoms with Gasteiger partial charge in [0.1, 0.15) is 12.2 Å². The smallest absolute Gasteiger partial charge is 0.311 e. The first-order chi connectivity index (χ1) is 5.90. The molecule has 0 radical (unpaired) electrons. The van der Waals surface area contributed by atoms with Crippen LogP contribution >= 0.6 is 0 Å². The van der Waals surface area contributed by atoms with Gasteiger partial charge in [-0.3, -0.25) is 4.79 Å². The maximum atomic E-state index is 11.5. The molecule has 3 heteroatoms. The predicted octanol–water partition coefficient (Wildman–Crippen LogP) is 1.75. The summed E-state index contributed by atoms with van der Waals surface area (Å²) in [6.45, 7) is 8.80. The Morgan fingerprint density at radius 1 is 1.62 bits per heavy atom. The Bertz CT molecular complexity index is 204. The lowest BCUT2D eigenvalue weighted by molar-refractivity contribution is -0.155. The zero-order chi connectivity index (χ0) is 10.1. The molecule has 13 heavy (non-hydrogen) atoms. The molecule has 1 saturated heterocycles. The highest BCUT2D eigenvalue weighted by atomic mass is 16.6. The largest absolute Gasteiger partial charge is 0.462 e. The molecule has 1 heterocycles. The molecule has 0 aromatic carbocycles. The third-order valence-corrected chi connectivity index (χ3v) is 2.58. The van der Waals surface area contributed by atoms with Gasteiger partial charge in [0.15, 0.2) is 0 Å². The molecule has 0 saturated carbocycles. The molecule has 1 rings (SSSR count). The van der Waals surface area contributed by atoms with Gasteiger partial charge >= 0.3 is 5.97 Å². The number of carbonyl (C=O) groups excluding carboxylic acids is 1. The normalized spacial score (nSPS) is 27.1. The molecular weight excluding hydrogens is 168 g/mol. The van der Waals surface area contributed by atoms with Gasteiger partial charge in [0.25, 0.3) is 0 Å². The number of hydrogen-bond acceptors (Lipinski definition) is 3. The van der Waals surface area contributed by atoms with E-state index in [1.807, 2.05) is 27.7 Å². The van der Waals surface area contributed by atoms with E-state index in [0.717, 1.165) is 6.42 Å². The fourth-order valence-electron chi connectivity index (χ4n) is 0.764. The summed E-state index contributed by atoms with van der Waals surface area (Å²) in [5, 5.41) is 0. The standard InChI is InChI=1S/C10H18O3/c1-5-9(2,3)8(11)12-6-10(4)7-13-10/h5-7H2,1-4H3. The van der Waals surface area contributed by atoms with E-state index in [9.17, 15) is 4.79 Å². The minimum atomic E-state index is -0.370. The van der Waals surface area contributed by atoms with E-state index in [1.165, 1.54) is 0 Å².